The highest BCUT2D eigenvalue weighted by atomic mass is 16.5. The molecule has 19 heavy (non-hydrogen) atoms. The Bertz CT molecular complexity index is 338. The predicted octanol–water partition coefficient (Wildman–Crippen LogP) is 2.80. The molecule has 1 rings (SSSR count). The number of hydrogen-bond donors (Lipinski definition) is 1. The summed E-state index contributed by atoms with van der Waals surface area (Å²) in [5.41, 5.74) is 1.16. The topological polar surface area (TPSA) is 39.1 Å². The minimum atomic E-state index is 0.442. The van der Waals surface area contributed by atoms with Crippen molar-refractivity contribution in [3.05, 3.63) is 18.0 Å². The molecule has 0 aliphatic heterocycles. The van der Waals surface area contributed by atoms with E-state index in [0.29, 0.717) is 12.1 Å². The Kier molecular flexibility index (Phi) is 7.75. The molecule has 2 atom stereocenters. The molecule has 1 N–H and O–H groups in total. The van der Waals surface area contributed by atoms with Crippen LogP contribution in [0.1, 0.15) is 51.8 Å². The lowest BCUT2D eigenvalue weighted by atomic mass is 10.1. The number of rotatable bonds is 10. The smallest absolute Gasteiger partial charge is 0.0640 e. The van der Waals surface area contributed by atoms with Crippen molar-refractivity contribution in [2.24, 2.45) is 0 Å². The normalized spacial score (nSPS) is 14.5. The second kappa shape index (κ2) is 9.10. The van der Waals surface area contributed by atoms with Crippen molar-refractivity contribution in [2.45, 2.75) is 58.5 Å². The van der Waals surface area contributed by atoms with Gasteiger partial charge in [-0.15, -0.1) is 0 Å². The van der Waals surface area contributed by atoms with Crippen LogP contribution in [0.3, 0.4) is 0 Å². The van der Waals surface area contributed by atoms with Crippen molar-refractivity contribution in [3.63, 3.8) is 0 Å². The van der Waals surface area contributed by atoms with Gasteiger partial charge in [0.1, 0.15) is 0 Å². The third-order valence-corrected chi connectivity index (χ3v) is 3.53. The van der Waals surface area contributed by atoms with Crippen LogP contribution in [0.4, 0.5) is 0 Å². The van der Waals surface area contributed by atoms with Crippen LogP contribution in [0.15, 0.2) is 12.3 Å². The number of hydrogen-bond acceptors (Lipinski definition) is 3. The SMILES string of the molecule is CCCOCCC(Cc1ccn(C(C)CC)n1)NC. The van der Waals surface area contributed by atoms with E-state index in [1.54, 1.807) is 0 Å². The zero-order valence-electron chi connectivity index (χ0n) is 12.9. The van der Waals surface area contributed by atoms with Gasteiger partial charge < -0.3 is 10.1 Å². The second-order valence-electron chi connectivity index (χ2n) is 5.14. The first kappa shape index (κ1) is 16.2. The van der Waals surface area contributed by atoms with E-state index in [2.05, 4.69) is 48.1 Å². The predicted molar refractivity (Wildman–Crippen MR) is 79.5 cm³/mol. The second-order valence-corrected chi connectivity index (χ2v) is 5.14. The molecule has 4 nitrogen and oxygen atoms in total. The minimum Gasteiger partial charge on any atom is -0.381 e. The molecule has 0 bridgehead atoms. The number of nitrogens with zero attached hydrogens (tertiary/aromatic N) is 2. The van der Waals surface area contributed by atoms with Gasteiger partial charge in [0.05, 0.1) is 5.69 Å². The van der Waals surface area contributed by atoms with Gasteiger partial charge in [-0.1, -0.05) is 13.8 Å². The molecular formula is C15H29N3O. The zero-order valence-corrected chi connectivity index (χ0v) is 12.9. The molecular weight excluding hydrogens is 238 g/mol. The van der Waals surface area contributed by atoms with Crippen LogP contribution in [0, 0.1) is 0 Å². The summed E-state index contributed by atoms with van der Waals surface area (Å²) in [4.78, 5) is 0. The van der Waals surface area contributed by atoms with Gasteiger partial charge in [-0.05, 0) is 39.3 Å². The molecule has 0 aliphatic rings. The molecule has 0 saturated carbocycles. The Hall–Kier alpha value is -0.870. The molecule has 1 heterocycles. The molecule has 0 spiro atoms. The van der Waals surface area contributed by atoms with Gasteiger partial charge in [0.2, 0.25) is 0 Å². The van der Waals surface area contributed by atoms with Gasteiger partial charge in [0.25, 0.3) is 0 Å². The highest BCUT2D eigenvalue weighted by Gasteiger charge is 2.10. The lowest BCUT2D eigenvalue weighted by Crippen LogP contribution is -2.29. The van der Waals surface area contributed by atoms with Crippen LogP contribution >= 0.6 is 0 Å². The third-order valence-electron chi connectivity index (χ3n) is 3.53. The first-order chi connectivity index (χ1) is 9.21. The largest absolute Gasteiger partial charge is 0.381 e. The number of nitrogens with one attached hydrogen (secondary N) is 1. The summed E-state index contributed by atoms with van der Waals surface area (Å²) in [6, 6.07) is 3.05. The highest BCUT2D eigenvalue weighted by molar-refractivity contribution is 5.02. The molecule has 0 radical (unpaired) electrons. The molecule has 2 unspecified atom stereocenters. The molecule has 0 saturated heterocycles. The van der Waals surface area contributed by atoms with Gasteiger partial charge in [-0.25, -0.2) is 0 Å². The van der Waals surface area contributed by atoms with Crippen LogP contribution in [-0.4, -0.2) is 36.1 Å². The fourth-order valence-corrected chi connectivity index (χ4v) is 1.99. The van der Waals surface area contributed by atoms with E-state index in [1.807, 2.05) is 7.05 Å². The van der Waals surface area contributed by atoms with Crippen LogP contribution < -0.4 is 5.32 Å². The molecule has 1 aromatic rings. The van der Waals surface area contributed by atoms with Gasteiger partial charge in [0.15, 0.2) is 0 Å². The van der Waals surface area contributed by atoms with E-state index in [9.17, 15) is 0 Å². The number of aromatic nitrogens is 2. The van der Waals surface area contributed by atoms with Crippen molar-refractivity contribution in [2.75, 3.05) is 20.3 Å². The van der Waals surface area contributed by atoms with E-state index < -0.39 is 0 Å². The first-order valence-corrected chi connectivity index (χ1v) is 7.50. The van der Waals surface area contributed by atoms with Crippen LogP contribution in [0.2, 0.25) is 0 Å². The minimum absolute atomic E-state index is 0.442. The summed E-state index contributed by atoms with van der Waals surface area (Å²) < 4.78 is 7.61. The van der Waals surface area contributed by atoms with Crippen molar-refractivity contribution >= 4 is 0 Å². The zero-order chi connectivity index (χ0) is 14.1. The van der Waals surface area contributed by atoms with E-state index in [0.717, 1.165) is 44.6 Å². The van der Waals surface area contributed by atoms with Crippen LogP contribution in [-0.2, 0) is 11.2 Å². The summed E-state index contributed by atoms with van der Waals surface area (Å²) in [7, 11) is 2.01. The highest BCUT2D eigenvalue weighted by Crippen LogP contribution is 2.11. The average Bonchev–Trinajstić information content (AvgIpc) is 2.89. The van der Waals surface area contributed by atoms with Crippen LogP contribution in [0.25, 0.3) is 0 Å². The van der Waals surface area contributed by atoms with E-state index in [4.69, 9.17) is 4.74 Å². The maximum absolute atomic E-state index is 5.55. The lowest BCUT2D eigenvalue weighted by molar-refractivity contribution is 0.125. The Balaban J connectivity index is 2.40. The van der Waals surface area contributed by atoms with Crippen molar-refractivity contribution in [1.29, 1.82) is 0 Å². The number of likely N-dealkylation sites (N-methyl/N-ethyl adjacent to an activating group) is 1. The molecule has 110 valence electrons. The Labute approximate surface area is 117 Å². The molecule has 0 aliphatic carbocycles. The van der Waals surface area contributed by atoms with Gasteiger partial charge in [-0.2, -0.15) is 5.10 Å². The maximum atomic E-state index is 5.55. The van der Waals surface area contributed by atoms with Gasteiger partial charge in [0, 0.05) is 37.9 Å². The van der Waals surface area contributed by atoms with Crippen molar-refractivity contribution in [1.82, 2.24) is 15.1 Å². The number of ether oxygens (including phenoxy) is 1. The van der Waals surface area contributed by atoms with Gasteiger partial charge >= 0.3 is 0 Å². The molecule has 0 fully saturated rings. The lowest BCUT2D eigenvalue weighted by Gasteiger charge is -2.15. The van der Waals surface area contributed by atoms with Gasteiger partial charge in [-0.3, -0.25) is 4.68 Å². The van der Waals surface area contributed by atoms with E-state index >= 15 is 0 Å². The third kappa shape index (κ3) is 5.74. The summed E-state index contributed by atoms with van der Waals surface area (Å²) in [5, 5.41) is 8.00. The molecule has 0 aromatic carbocycles. The fourth-order valence-electron chi connectivity index (χ4n) is 1.99. The molecule has 4 heteroatoms. The summed E-state index contributed by atoms with van der Waals surface area (Å²) in [5.74, 6) is 0. The maximum Gasteiger partial charge on any atom is 0.0640 e. The Morgan fingerprint density at radius 2 is 2.16 bits per heavy atom. The molecule has 1 aromatic heterocycles. The fraction of sp³-hybridized carbons (Fsp3) is 0.800. The van der Waals surface area contributed by atoms with E-state index in [1.165, 1.54) is 0 Å². The Morgan fingerprint density at radius 1 is 1.37 bits per heavy atom. The summed E-state index contributed by atoms with van der Waals surface area (Å²) >= 11 is 0. The van der Waals surface area contributed by atoms with E-state index in [-0.39, 0.29) is 0 Å². The van der Waals surface area contributed by atoms with Crippen molar-refractivity contribution < 1.29 is 4.74 Å². The summed E-state index contributed by atoms with van der Waals surface area (Å²) in [6.07, 6.45) is 6.29. The Morgan fingerprint density at radius 3 is 2.79 bits per heavy atom. The summed E-state index contributed by atoms with van der Waals surface area (Å²) in [6.45, 7) is 8.21. The van der Waals surface area contributed by atoms with Crippen LogP contribution in [0.5, 0.6) is 0 Å². The molecule has 0 amide bonds. The standard InChI is InChI=1S/C15H29N3O/c1-5-10-19-11-8-14(16-4)12-15-7-9-18(17-15)13(3)6-2/h7,9,13-14,16H,5-6,8,10-12H2,1-4H3. The first-order valence-electron chi connectivity index (χ1n) is 7.50. The monoisotopic (exact) mass is 267 g/mol. The quantitative estimate of drug-likeness (QED) is 0.663. The van der Waals surface area contributed by atoms with Crippen molar-refractivity contribution in [3.8, 4) is 0 Å². The average molecular weight is 267 g/mol.